The van der Waals surface area contributed by atoms with Crippen molar-refractivity contribution in [1.29, 1.82) is 0 Å². The molecular formula is C19H24ClN7O. The Balaban J connectivity index is 1.69. The maximum atomic E-state index is 12.3. The van der Waals surface area contributed by atoms with Crippen LogP contribution in [0.15, 0.2) is 18.2 Å². The molecule has 8 nitrogen and oxygen atoms in total. The van der Waals surface area contributed by atoms with E-state index in [2.05, 4.69) is 45.1 Å². The number of aryl methyl sites for hydroxylation is 3. The number of nitrogens with one attached hydrogen (secondary N) is 3. The average Bonchev–Trinajstić information content (AvgIpc) is 2.86. The molecule has 3 aromatic rings. The van der Waals surface area contributed by atoms with Crippen LogP contribution < -0.4 is 16.2 Å². The number of halogens is 1. The third-order valence-corrected chi connectivity index (χ3v) is 4.39. The summed E-state index contributed by atoms with van der Waals surface area (Å²) in [7, 11) is 1.84. The Morgan fingerprint density at radius 3 is 2.68 bits per heavy atom. The molecular weight excluding hydrogens is 378 g/mol. The predicted octanol–water partition coefficient (Wildman–Crippen LogP) is 3.98. The van der Waals surface area contributed by atoms with Crippen molar-refractivity contribution in [1.82, 2.24) is 25.2 Å². The van der Waals surface area contributed by atoms with Gasteiger partial charge in [-0.3, -0.25) is 15.5 Å². The topological polar surface area (TPSA) is 96.8 Å². The van der Waals surface area contributed by atoms with Crippen LogP contribution in [0.3, 0.4) is 0 Å². The van der Waals surface area contributed by atoms with Crippen LogP contribution in [0.25, 0.3) is 11.0 Å². The molecule has 3 heterocycles. The van der Waals surface area contributed by atoms with Gasteiger partial charge in [0.2, 0.25) is 0 Å². The van der Waals surface area contributed by atoms with Crippen LogP contribution in [0.4, 0.5) is 16.3 Å². The van der Waals surface area contributed by atoms with Gasteiger partial charge < -0.3 is 5.32 Å². The van der Waals surface area contributed by atoms with E-state index in [1.54, 1.807) is 10.7 Å². The first kappa shape index (κ1) is 19.9. The number of pyridine rings is 2. The first-order valence-electron chi connectivity index (χ1n) is 9.03. The maximum Gasteiger partial charge on any atom is 0.337 e. The van der Waals surface area contributed by atoms with Gasteiger partial charge in [0, 0.05) is 23.8 Å². The van der Waals surface area contributed by atoms with Gasteiger partial charge in [-0.1, -0.05) is 25.4 Å². The Hall–Kier alpha value is -2.87. The number of carbonyl (C=O) groups excluding carboxylic acids is 1. The molecule has 0 saturated heterocycles. The molecule has 0 radical (unpaired) electrons. The Morgan fingerprint density at radius 1 is 1.21 bits per heavy atom. The molecule has 0 aliphatic heterocycles. The summed E-state index contributed by atoms with van der Waals surface area (Å²) in [5, 5.41) is 8.50. The summed E-state index contributed by atoms with van der Waals surface area (Å²) in [4.78, 5) is 21.1. The minimum absolute atomic E-state index is 0.343. The SMILES string of the molecule is Cc1cc(NNC(=O)Nc2cc(Cl)nc(CC(C)C)c2)nc2c1c(C)nn2C. The smallest absolute Gasteiger partial charge is 0.306 e. The van der Waals surface area contributed by atoms with E-state index in [9.17, 15) is 4.79 Å². The maximum absolute atomic E-state index is 12.3. The highest BCUT2D eigenvalue weighted by Crippen LogP contribution is 2.22. The zero-order valence-electron chi connectivity index (χ0n) is 16.6. The quantitative estimate of drug-likeness (QED) is 0.443. The fraction of sp³-hybridized carbons (Fsp3) is 0.368. The van der Waals surface area contributed by atoms with E-state index in [0.29, 0.717) is 22.6 Å². The number of nitrogens with zero attached hydrogens (tertiary/aromatic N) is 4. The molecule has 0 aliphatic carbocycles. The second-order valence-electron chi connectivity index (χ2n) is 7.20. The van der Waals surface area contributed by atoms with E-state index in [4.69, 9.17) is 11.6 Å². The van der Waals surface area contributed by atoms with Crippen LogP contribution in [0.2, 0.25) is 5.15 Å². The van der Waals surface area contributed by atoms with Crippen molar-refractivity contribution in [2.24, 2.45) is 13.0 Å². The molecule has 0 saturated carbocycles. The minimum atomic E-state index is -0.432. The molecule has 3 N–H and O–H groups in total. The Bertz CT molecular complexity index is 1030. The largest absolute Gasteiger partial charge is 0.337 e. The van der Waals surface area contributed by atoms with Gasteiger partial charge >= 0.3 is 6.03 Å². The third kappa shape index (κ3) is 4.51. The molecule has 0 aromatic carbocycles. The molecule has 0 atom stereocenters. The normalized spacial score (nSPS) is 11.1. The van der Waals surface area contributed by atoms with E-state index in [-0.39, 0.29) is 0 Å². The Labute approximate surface area is 168 Å². The van der Waals surface area contributed by atoms with Gasteiger partial charge in [0.1, 0.15) is 11.0 Å². The summed E-state index contributed by atoms with van der Waals surface area (Å²) >= 11 is 6.06. The number of aromatic nitrogens is 4. The van der Waals surface area contributed by atoms with Crippen LogP contribution >= 0.6 is 11.6 Å². The zero-order valence-corrected chi connectivity index (χ0v) is 17.3. The van der Waals surface area contributed by atoms with Gasteiger partial charge in [0.25, 0.3) is 0 Å². The van der Waals surface area contributed by atoms with Crippen molar-refractivity contribution in [2.75, 3.05) is 10.7 Å². The summed E-state index contributed by atoms with van der Waals surface area (Å²) < 4.78 is 1.72. The lowest BCUT2D eigenvalue weighted by atomic mass is 10.1. The van der Waals surface area contributed by atoms with Gasteiger partial charge in [-0.05, 0) is 49.9 Å². The number of anilines is 2. The number of rotatable bonds is 5. The molecule has 9 heteroatoms. The molecule has 0 spiro atoms. The van der Waals surface area contributed by atoms with Crippen molar-refractivity contribution in [3.05, 3.63) is 40.3 Å². The number of fused-ring (bicyclic) bond motifs is 1. The highest BCUT2D eigenvalue weighted by atomic mass is 35.5. The summed E-state index contributed by atoms with van der Waals surface area (Å²) in [5.41, 5.74) is 9.54. The molecule has 0 bridgehead atoms. The zero-order chi connectivity index (χ0) is 20.4. The molecule has 0 aliphatic rings. The van der Waals surface area contributed by atoms with Crippen LogP contribution in [0.1, 0.15) is 30.8 Å². The van der Waals surface area contributed by atoms with E-state index in [1.807, 2.05) is 33.0 Å². The monoisotopic (exact) mass is 401 g/mol. The number of hydrogen-bond donors (Lipinski definition) is 3. The van der Waals surface area contributed by atoms with Gasteiger partial charge in [0.15, 0.2) is 5.65 Å². The molecule has 28 heavy (non-hydrogen) atoms. The molecule has 3 rings (SSSR count). The van der Waals surface area contributed by atoms with Crippen LogP contribution in [0.5, 0.6) is 0 Å². The standard InChI is InChI=1S/C19H24ClN7O/c1-10(2)6-13-8-14(9-15(20)21-13)22-19(28)25-24-16-7-11(3)17-12(4)26-27(5)18(17)23-16/h7-10H,6H2,1-5H3,(H,23,24)(H2,21,22,25,28). The predicted molar refractivity (Wildman–Crippen MR) is 112 cm³/mol. The number of urea groups is 1. The second-order valence-corrected chi connectivity index (χ2v) is 7.59. The molecule has 148 valence electrons. The van der Waals surface area contributed by atoms with E-state index < -0.39 is 6.03 Å². The van der Waals surface area contributed by atoms with Crippen LogP contribution in [0, 0.1) is 19.8 Å². The van der Waals surface area contributed by atoms with Gasteiger partial charge in [-0.2, -0.15) is 5.10 Å². The number of carbonyl (C=O) groups is 1. The summed E-state index contributed by atoms with van der Waals surface area (Å²) in [6.07, 6.45) is 0.780. The van der Waals surface area contributed by atoms with Crippen molar-refractivity contribution in [3.63, 3.8) is 0 Å². The fourth-order valence-corrected chi connectivity index (χ4v) is 3.38. The van der Waals surface area contributed by atoms with Crippen molar-refractivity contribution < 1.29 is 4.79 Å². The molecule has 0 unspecified atom stereocenters. The van der Waals surface area contributed by atoms with Crippen molar-refractivity contribution >= 4 is 40.2 Å². The summed E-state index contributed by atoms with van der Waals surface area (Å²) in [6.45, 7) is 8.13. The van der Waals surface area contributed by atoms with Crippen molar-refractivity contribution in [3.8, 4) is 0 Å². The van der Waals surface area contributed by atoms with E-state index in [1.165, 1.54) is 0 Å². The first-order chi connectivity index (χ1) is 13.2. The van der Waals surface area contributed by atoms with Crippen LogP contribution in [-0.4, -0.2) is 25.8 Å². The van der Waals surface area contributed by atoms with Gasteiger partial charge in [0.05, 0.1) is 5.69 Å². The minimum Gasteiger partial charge on any atom is -0.306 e. The lowest BCUT2D eigenvalue weighted by molar-refractivity contribution is 0.254. The van der Waals surface area contributed by atoms with E-state index >= 15 is 0 Å². The Kier molecular flexibility index (Phi) is 5.69. The van der Waals surface area contributed by atoms with E-state index in [0.717, 1.165) is 34.4 Å². The highest BCUT2D eigenvalue weighted by molar-refractivity contribution is 6.29. The lowest BCUT2D eigenvalue weighted by Crippen LogP contribution is -2.34. The van der Waals surface area contributed by atoms with Crippen LogP contribution in [-0.2, 0) is 13.5 Å². The summed E-state index contributed by atoms with van der Waals surface area (Å²) in [6, 6.07) is 4.86. The lowest BCUT2D eigenvalue weighted by Gasteiger charge is -2.12. The molecule has 3 aromatic heterocycles. The number of hydrogen-bond acceptors (Lipinski definition) is 5. The summed E-state index contributed by atoms with van der Waals surface area (Å²) in [5.74, 6) is 0.964. The van der Waals surface area contributed by atoms with Crippen molar-refractivity contribution in [2.45, 2.75) is 34.1 Å². The fourth-order valence-electron chi connectivity index (χ4n) is 3.15. The van der Waals surface area contributed by atoms with Gasteiger partial charge in [-0.25, -0.2) is 14.8 Å². The number of amides is 2. The number of hydrazine groups is 1. The highest BCUT2D eigenvalue weighted by Gasteiger charge is 2.12. The second kappa shape index (κ2) is 8.02. The average molecular weight is 402 g/mol. The van der Waals surface area contributed by atoms with Gasteiger partial charge in [-0.15, -0.1) is 0 Å². The molecule has 2 amide bonds. The molecule has 0 fully saturated rings. The first-order valence-corrected chi connectivity index (χ1v) is 9.41. The third-order valence-electron chi connectivity index (χ3n) is 4.19. The Morgan fingerprint density at radius 2 is 1.96 bits per heavy atom.